The molecule has 0 fully saturated rings. The first-order valence-electron chi connectivity index (χ1n) is 5.91. The average Bonchev–Trinajstić information content (AvgIpc) is 2.95. The normalized spacial score (nSPS) is 11.6. The summed E-state index contributed by atoms with van der Waals surface area (Å²) in [6.07, 6.45) is 5.58. The van der Waals surface area contributed by atoms with E-state index >= 15 is 0 Å². The van der Waals surface area contributed by atoms with Crippen LogP contribution in [-0.2, 0) is 6.42 Å². The maximum absolute atomic E-state index is 5.60. The Morgan fingerprint density at radius 2 is 2.06 bits per heavy atom. The van der Waals surface area contributed by atoms with Gasteiger partial charge in [-0.2, -0.15) is 0 Å². The number of aryl methyl sites for hydroxylation is 1. The van der Waals surface area contributed by atoms with Crippen molar-refractivity contribution in [2.45, 2.75) is 12.8 Å². The number of fused-ring (bicyclic) bond motifs is 2. The van der Waals surface area contributed by atoms with Crippen LogP contribution in [0.3, 0.4) is 0 Å². The zero-order chi connectivity index (χ0) is 11.7. The van der Waals surface area contributed by atoms with Crippen molar-refractivity contribution in [1.82, 2.24) is 5.32 Å². The predicted molar refractivity (Wildman–Crippen MR) is 68.2 cm³/mol. The molecular weight excluding hydrogens is 214 g/mol. The molecule has 3 aromatic rings. The molecule has 17 heavy (non-hydrogen) atoms. The minimum atomic E-state index is 0.943. The van der Waals surface area contributed by atoms with Gasteiger partial charge in [0, 0.05) is 16.3 Å². The molecule has 0 bridgehead atoms. The fourth-order valence-corrected chi connectivity index (χ4v) is 2.31. The Hall–Kier alpha value is -1.74. The van der Waals surface area contributed by atoms with Crippen molar-refractivity contribution < 1.29 is 8.83 Å². The van der Waals surface area contributed by atoms with Crippen molar-refractivity contribution in [1.29, 1.82) is 0 Å². The van der Waals surface area contributed by atoms with Crippen molar-refractivity contribution in [3.05, 3.63) is 36.3 Å². The third-order valence-electron chi connectivity index (χ3n) is 3.13. The smallest absolute Gasteiger partial charge is 0.137 e. The predicted octanol–water partition coefficient (Wildman–Crippen LogP) is 3.33. The summed E-state index contributed by atoms with van der Waals surface area (Å²) in [7, 11) is 1.97. The summed E-state index contributed by atoms with van der Waals surface area (Å²) in [6.45, 7) is 1.01. The monoisotopic (exact) mass is 229 g/mol. The first-order chi connectivity index (χ1) is 8.40. The van der Waals surface area contributed by atoms with Crippen LogP contribution in [0.2, 0.25) is 0 Å². The number of nitrogens with one attached hydrogen (secondary N) is 1. The SMILES string of the molecule is CNCCCc1c2ccoc2cc2ccoc12. The van der Waals surface area contributed by atoms with Gasteiger partial charge in [0.1, 0.15) is 11.2 Å². The fourth-order valence-electron chi connectivity index (χ4n) is 2.31. The first kappa shape index (κ1) is 10.4. The van der Waals surface area contributed by atoms with Crippen LogP contribution in [-0.4, -0.2) is 13.6 Å². The van der Waals surface area contributed by atoms with Gasteiger partial charge in [0.05, 0.1) is 12.5 Å². The van der Waals surface area contributed by atoms with Gasteiger partial charge in [-0.3, -0.25) is 0 Å². The molecule has 0 radical (unpaired) electrons. The van der Waals surface area contributed by atoms with E-state index in [0.717, 1.165) is 35.9 Å². The number of rotatable bonds is 4. The summed E-state index contributed by atoms with van der Waals surface area (Å²) >= 11 is 0. The van der Waals surface area contributed by atoms with Crippen molar-refractivity contribution in [2.24, 2.45) is 0 Å². The first-order valence-corrected chi connectivity index (χ1v) is 5.91. The lowest BCUT2D eigenvalue weighted by Gasteiger charge is -2.04. The van der Waals surface area contributed by atoms with Gasteiger partial charge < -0.3 is 14.2 Å². The van der Waals surface area contributed by atoms with Crippen molar-refractivity contribution >= 4 is 21.9 Å². The Kier molecular flexibility index (Phi) is 2.61. The molecular formula is C14H15NO2. The molecule has 0 atom stereocenters. The van der Waals surface area contributed by atoms with Crippen LogP contribution in [0.4, 0.5) is 0 Å². The van der Waals surface area contributed by atoms with Gasteiger partial charge >= 0.3 is 0 Å². The fraction of sp³-hybridized carbons (Fsp3) is 0.286. The third kappa shape index (κ3) is 1.72. The second kappa shape index (κ2) is 4.26. The molecule has 0 spiro atoms. The number of benzene rings is 1. The van der Waals surface area contributed by atoms with Crippen LogP contribution in [0.1, 0.15) is 12.0 Å². The number of hydrogen-bond donors (Lipinski definition) is 1. The minimum absolute atomic E-state index is 0.943. The molecule has 0 aliphatic heterocycles. The standard InChI is InChI=1S/C14H15NO2/c1-15-6-2-3-12-11-5-8-16-13(11)9-10-4-7-17-14(10)12/h4-5,7-9,15H,2-3,6H2,1H3. The van der Waals surface area contributed by atoms with E-state index in [2.05, 4.69) is 5.32 Å². The van der Waals surface area contributed by atoms with Crippen molar-refractivity contribution in [2.75, 3.05) is 13.6 Å². The molecule has 3 heteroatoms. The highest BCUT2D eigenvalue weighted by Gasteiger charge is 2.11. The van der Waals surface area contributed by atoms with Crippen molar-refractivity contribution in [3.63, 3.8) is 0 Å². The lowest BCUT2D eigenvalue weighted by Crippen LogP contribution is -2.08. The Morgan fingerprint density at radius 3 is 2.94 bits per heavy atom. The van der Waals surface area contributed by atoms with Gasteiger partial charge in [-0.05, 0) is 44.6 Å². The van der Waals surface area contributed by atoms with Crippen LogP contribution in [0.15, 0.2) is 39.6 Å². The number of furan rings is 2. The molecule has 1 N–H and O–H groups in total. The summed E-state index contributed by atoms with van der Waals surface area (Å²) in [5, 5.41) is 5.46. The van der Waals surface area contributed by atoms with E-state index in [9.17, 15) is 0 Å². The van der Waals surface area contributed by atoms with E-state index in [4.69, 9.17) is 8.83 Å². The maximum Gasteiger partial charge on any atom is 0.137 e. The molecule has 2 heterocycles. The van der Waals surface area contributed by atoms with Gasteiger partial charge in [-0.15, -0.1) is 0 Å². The van der Waals surface area contributed by atoms with Crippen LogP contribution in [0.5, 0.6) is 0 Å². The third-order valence-corrected chi connectivity index (χ3v) is 3.13. The molecule has 1 aromatic carbocycles. The van der Waals surface area contributed by atoms with E-state index in [1.807, 2.05) is 25.2 Å². The summed E-state index contributed by atoms with van der Waals surface area (Å²) < 4.78 is 11.1. The van der Waals surface area contributed by atoms with Gasteiger partial charge in [0.25, 0.3) is 0 Å². The van der Waals surface area contributed by atoms with Crippen LogP contribution in [0.25, 0.3) is 21.9 Å². The van der Waals surface area contributed by atoms with Gasteiger partial charge in [-0.1, -0.05) is 0 Å². The second-order valence-electron chi connectivity index (χ2n) is 4.23. The molecule has 0 amide bonds. The summed E-state index contributed by atoms with van der Waals surface area (Å²) in [5.74, 6) is 0. The Labute approximate surface area is 99.4 Å². The molecule has 0 unspecified atom stereocenters. The topological polar surface area (TPSA) is 38.3 Å². The molecule has 3 nitrogen and oxygen atoms in total. The minimum Gasteiger partial charge on any atom is -0.464 e. The van der Waals surface area contributed by atoms with Crippen molar-refractivity contribution in [3.8, 4) is 0 Å². The summed E-state index contributed by atoms with van der Waals surface area (Å²) in [5.41, 5.74) is 3.19. The van der Waals surface area contributed by atoms with Crippen LogP contribution < -0.4 is 5.32 Å². The Morgan fingerprint density at radius 1 is 1.18 bits per heavy atom. The average molecular weight is 229 g/mol. The highest BCUT2D eigenvalue weighted by molar-refractivity contribution is 5.97. The molecule has 88 valence electrons. The zero-order valence-corrected chi connectivity index (χ0v) is 9.82. The van der Waals surface area contributed by atoms with E-state index in [1.54, 1.807) is 12.5 Å². The summed E-state index contributed by atoms with van der Waals surface area (Å²) in [4.78, 5) is 0. The zero-order valence-electron chi connectivity index (χ0n) is 9.82. The van der Waals surface area contributed by atoms with E-state index in [1.165, 1.54) is 10.9 Å². The van der Waals surface area contributed by atoms with Gasteiger partial charge in [0.15, 0.2) is 0 Å². The van der Waals surface area contributed by atoms with E-state index in [-0.39, 0.29) is 0 Å². The number of hydrogen-bond acceptors (Lipinski definition) is 3. The largest absolute Gasteiger partial charge is 0.464 e. The van der Waals surface area contributed by atoms with E-state index < -0.39 is 0 Å². The van der Waals surface area contributed by atoms with E-state index in [0.29, 0.717) is 0 Å². The molecule has 0 aliphatic carbocycles. The highest BCUT2D eigenvalue weighted by Crippen LogP contribution is 2.30. The highest BCUT2D eigenvalue weighted by atomic mass is 16.3. The quantitative estimate of drug-likeness (QED) is 0.697. The lowest BCUT2D eigenvalue weighted by molar-refractivity contribution is 0.606. The van der Waals surface area contributed by atoms with Gasteiger partial charge in [-0.25, -0.2) is 0 Å². The molecule has 0 aliphatic rings. The Bertz CT molecular complexity index is 587. The summed E-state index contributed by atoms with van der Waals surface area (Å²) in [6, 6.07) is 6.04. The lowest BCUT2D eigenvalue weighted by atomic mass is 10.0. The molecule has 2 aromatic heterocycles. The second-order valence-corrected chi connectivity index (χ2v) is 4.23. The maximum atomic E-state index is 5.60. The van der Waals surface area contributed by atoms with Crippen LogP contribution >= 0.6 is 0 Å². The Balaban J connectivity index is 2.13. The molecule has 3 rings (SSSR count). The molecule has 0 saturated heterocycles. The molecule has 0 saturated carbocycles. The van der Waals surface area contributed by atoms with Gasteiger partial charge in [0.2, 0.25) is 0 Å². The van der Waals surface area contributed by atoms with Crippen LogP contribution in [0, 0.1) is 0 Å².